The Bertz CT molecular complexity index is 873. The van der Waals surface area contributed by atoms with Crippen molar-refractivity contribution >= 4 is 22.5 Å². The summed E-state index contributed by atoms with van der Waals surface area (Å²) in [6.45, 7) is 9.13. The summed E-state index contributed by atoms with van der Waals surface area (Å²) in [5.74, 6) is 0. The minimum atomic E-state index is 0.800. The van der Waals surface area contributed by atoms with Crippen LogP contribution >= 0.6 is 11.6 Å². The van der Waals surface area contributed by atoms with Gasteiger partial charge >= 0.3 is 0 Å². The second-order valence-corrected chi connectivity index (χ2v) is 7.50. The number of aryl methyl sites for hydroxylation is 1. The summed E-state index contributed by atoms with van der Waals surface area (Å²) in [7, 11) is 2.18. The first-order valence-electron chi connectivity index (χ1n) is 9.28. The van der Waals surface area contributed by atoms with E-state index in [1.54, 1.807) is 6.20 Å². The van der Waals surface area contributed by atoms with Gasteiger partial charge in [0.25, 0.3) is 0 Å². The largest absolute Gasteiger partial charge is 0.404 e. The van der Waals surface area contributed by atoms with E-state index in [0.29, 0.717) is 0 Å². The third kappa shape index (κ3) is 3.89. The van der Waals surface area contributed by atoms with Crippen molar-refractivity contribution < 1.29 is 0 Å². The van der Waals surface area contributed by atoms with Crippen LogP contribution < -0.4 is 5.73 Å². The molecule has 0 amide bonds. The maximum Gasteiger partial charge on any atom is 0.0487 e. The van der Waals surface area contributed by atoms with Gasteiger partial charge in [-0.2, -0.15) is 0 Å². The van der Waals surface area contributed by atoms with E-state index in [2.05, 4.69) is 54.3 Å². The number of rotatable bonds is 6. The minimum absolute atomic E-state index is 0.800. The van der Waals surface area contributed by atoms with Gasteiger partial charge in [0.15, 0.2) is 0 Å². The zero-order chi connectivity index (χ0) is 18.7. The van der Waals surface area contributed by atoms with Crippen LogP contribution in [0.25, 0.3) is 10.9 Å². The fourth-order valence-corrected chi connectivity index (χ4v) is 3.79. The van der Waals surface area contributed by atoms with E-state index in [9.17, 15) is 0 Å². The molecule has 0 saturated carbocycles. The topological polar surface area (TPSA) is 34.2 Å². The number of hydrogen-bond acceptors (Lipinski definition) is 2. The number of fused-ring (bicyclic) bond motifs is 3. The minimum Gasteiger partial charge on any atom is -0.404 e. The van der Waals surface area contributed by atoms with E-state index in [1.807, 2.05) is 6.07 Å². The molecule has 0 saturated heterocycles. The van der Waals surface area contributed by atoms with E-state index in [-0.39, 0.29) is 0 Å². The van der Waals surface area contributed by atoms with Crippen LogP contribution in [0.1, 0.15) is 31.0 Å². The number of allylic oxidation sites excluding steroid dienone is 4. The summed E-state index contributed by atoms with van der Waals surface area (Å²) < 4.78 is 2.46. The lowest BCUT2D eigenvalue weighted by Crippen LogP contribution is -2.27. The molecule has 0 fully saturated rings. The number of likely N-dealkylation sites (N-methyl/N-ethyl adjacent to an activating group) is 1. The molecule has 0 aliphatic carbocycles. The van der Waals surface area contributed by atoms with Gasteiger partial charge in [-0.15, -0.1) is 0 Å². The lowest BCUT2D eigenvalue weighted by molar-refractivity contribution is 0.309. The number of aromatic nitrogens is 1. The third-order valence-corrected chi connectivity index (χ3v) is 5.47. The summed E-state index contributed by atoms with van der Waals surface area (Å²) in [4.78, 5) is 2.37. The highest BCUT2D eigenvalue weighted by molar-refractivity contribution is 6.31. The molecule has 1 aromatic heterocycles. The Morgan fingerprint density at radius 2 is 2.15 bits per heavy atom. The zero-order valence-corrected chi connectivity index (χ0v) is 16.5. The van der Waals surface area contributed by atoms with Crippen molar-refractivity contribution in [3.05, 3.63) is 70.6 Å². The van der Waals surface area contributed by atoms with E-state index in [1.165, 1.54) is 22.2 Å². The van der Waals surface area contributed by atoms with E-state index in [4.69, 9.17) is 17.3 Å². The van der Waals surface area contributed by atoms with Gasteiger partial charge in [-0.25, -0.2) is 0 Å². The SMILES string of the molecule is C=C(/C=C\C(=C/N)CCn1c2c(c3cc(Cl)ccc31)CN(C)CC2)CC. The summed E-state index contributed by atoms with van der Waals surface area (Å²) >= 11 is 6.28. The van der Waals surface area contributed by atoms with Crippen LogP contribution in [0, 0.1) is 0 Å². The molecule has 1 aliphatic rings. The summed E-state index contributed by atoms with van der Waals surface area (Å²) in [6, 6.07) is 6.24. The van der Waals surface area contributed by atoms with Crippen LogP contribution in [0.4, 0.5) is 0 Å². The number of nitrogens with zero attached hydrogens (tertiary/aromatic N) is 2. The molecule has 3 rings (SSSR count). The smallest absolute Gasteiger partial charge is 0.0487 e. The lowest BCUT2D eigenvalue weighted by atomic mass is 10.1. The van der Waals surface area contributed by atoms with Gasteiger partial charge in [-0.05, 0) is 55.4 Å². The molecule has 2 N–H and O–H groups in total. The fourth-order valence-electron chi connectivity index (χ4n) is 3.62. The summed E-state index contributed by atoms with van der Waals surface area (Å²) in [6.07, 6.45) is 8.80. The quantitative estimate of drug-likeness (QED) is 0.724. The van der Waals surface area contributed by atoms with Gasteiger partial charge in [-0.1, -0.05) is 42.8 Å². The highest BCUT2D eigenvalue weighted by Gasteiger charge is 2.22. The van der Waals surface area contributed by atoms with Crippen LogP contribution in [0.2, 0.25) is 5.02 Å². The molecular formula is C22H28ClN3. The lowest BCUT2D eigenvalue weighted by Gasteiger charge is -2.24. The Balaban J connectivity index is 1.90. The number of benzene rings is 1. The molecular weight excluding hydrogens is 342 g/mol. The van der Waals surface area contributed by atoms with Crippen molar-refractivity contribution in [1.82, 2.24) is 9.47 Å². The highest BCUT2D eigenvalue weighted by Crippen LogP contribution is 2.32. The molecule has 26 heavy (non-hydrogen) atoms. The predicted molar refractivity (Wildman–Crippen MR) is 112 cm³/mol. The summed E-state index contributed by atoms with van der Waals surface area (Å²) in [5, 5.41) is 2.08. The average Bonchev–Trinajstić information content (AvgIpc) is 2.94. The van der Waals surface area contributed by atoms with Crippen LogP contribution in [-0.4, -0.2) is 23.1 Å². The van der Waals surface area contributed by atoms with E-state index in [0.717, 1.165) is 55.1 Å². The normalized spacial score (nSPS) is 15.7. The Morgan fingerprint density at radius 3 is 2.88 bits per heavy atom. The van der Waals surface area contributed by atoms with Gasteiger partial charge in [0, 0.05) is 47.7 Å². The monoisotopic (exact) mass is 369 g/mol. The molecule has 1 aromatic carbocycles. The third-order valence-electron chi connectivity index (χ3n) is 5.23. The van der Waals surface area contributed by atoms with Crippen molar-refractivity contribution in [3.63, 3.8) is 0 Å². The molecule has 3 nitrogen and oxygen atoms in total. The van der Waals surface area contributed by atoms with Crippen LogP contribution in [0.15, 0.2) is 54.3 Å². The first-order valence-corrected chi connectivity index (χ1v) is 9.66. The maximum atomic E-state index is 6.28. The second kappa shape index (κ2) is 8.15. The Labute approximate surface area is 161 Å². The molecule has 2 heterocycles. The Hall–Kier alpha value is -1.97. The van der Waals surface area contributed by atoms with Crippen molar-refractivity contribution in [3.8, 4) is 0 Å². The van der Waals surface area contributed by atoms with Gasteiger partial charge in [0.2, 0.25) is 0 Å². The zero-order valence-electron chi connectivity index (χ0n) is 15.8. The van der Waals surface area contributed by atoms with Crippen molar-refractivity contribution in [2.45, 2.75) is 39.3 Å². The summed E-state index contributed by atoms with van der Waals surface area (Å²) in [5.41, 5.74) is 12.2. The molecule has 0 unspecified atom stereocenters. The second-order valence-electron chi connectivity index (χ2n) is 7.06. The first kappa shape index (κ1) is 18.8. The molecule has 0 atom stereocenters. The number of nitrogens with two attached hydrogens (primary N) is 1. The van der Waals surface area contributed by atoms with Crippen molar-refractivity contribution in [1.29, 1.82) is 0 Å². The highest BCUT2D eigenvalue weighted by atomic mass is 35.5. The number of hydrogen-bond donors (Lipinski definition) is 1. The molecule has 4 heteroatoms. The molecule has 0 spiro atoms. The molecule has 138 valence electrons. The molecule has 0 radical (unpaired) electrons. The number of halogens is 1. The van der Waals surface area contributed by atoms with Crippen LogP contribution in [0.5, 0.6) is 0 Å². The van der Waals surface area contributed by atoms with E-state index < -0.39 is 0 Å². The van der Waals surface area contributed by atoms with Gasteiger partial charge in [0.1, 0.15) is 0 Å². The van der Waals surface area contributed by atoms with E-state index >= 15 is 0 Å². The van der Waals surface area contributed by atoms with Gasteiger partial charge < -0.3 is 15.2 Å². The van der Waals surface area contributed by atoms with Crippen molar-refractivity contribution in [2.24, 2.45) is 5.73 Å². The molecule has 2 aromatic rings. The van der Waals surface area contributed by atoms with Gasteiger partial charge in [-0.3, -0.25) is 0 Å². The first-order chi connectivity index (χ1) is 12.5. The average molecular weight is 370 g/mol. The molecule has 0 bridgehead atoms. The Kier molecular flexibility index (Phi) is 5.90. The van der Waals surface area contributed by atoms with Crippen molar-refractivity contribution in [2.75, 3.05) is 13.6 Å². The van der Waals surface area contributed by atoms with Crippen LogP contribution in [-0.2, 0) is 19.5 Å². The standard InChI is InChI=1S/C22H28ClN3/c1-4-16(2)5-6-17(14-24)9-12-26-21-8-7-18(23)13-19(21)20-15-25(3)11-10-22(20)26/h5-8,13-14H,2,4,9-12,15,24H2,1,3H3/b6-5-,17-14+. The molecule has 1 aliphatic heterocycles. The van der Waals surface area contributed by atoms with Gasteiger partial charge in [0.05, 0.1) is 0 Å². The maximum absolute atomic E-state index is 6.28. The Morgan fingerprint density at radius 1 is 1.35 bits per heavy atom. The van der Waals surface area contributed by atoms with Crippen LogP contribution in [0.3, 0.4) is 0 Å². The predicted octanol–water partition coefficient (Wildman–Crippen LogP) is 5.04. The fraction of sp³-hybridized carbons (Fsp3) is 0.364.